The number of aliphatic hydroxyl groups is 1. The van der Waals surface area contributed by atoms with E-state index in [4.69, 9.17) is 0 Å². The maximum absolute atomic E-state index is 11.5. The Bertz CT molecular complexity index is 1720. The van der Waals surface area contributed by atoms with Crippen LogP contribution in [0.1, 0.15) is 123 Å². The summed E-state index contributed by atoms with van der Waals surface area (Å²) in [7, 11) is -1.49. The first-order valence-corrected chi connectivity index (χ1v) is 26.5. The number of rotatable bonds is 17. The number of hydrogen-bond donors (Lipinski definition) is 1. The molecule has 5 aromatic rings. The second-order valence-electron chi connectivity index (χ2n) is 14.9. The van der Waals surface area contributed by atoms with Crippen LogP contribution < -0.4 is 4.06 Å². The summed E-state index contributed by atoms with van der Waals surface area (Å²) in [4.78, 5) is 4.63. The Hall–Kier alpha value is -0.284. The van der Waals surface area contributed by atoms with Gasteiger partial charge in [-0.15, -0.1) is 0 Å². The second kappa shape index (κ2) is 17.5. The van der Waals surface area contributed by atoms with Gasteiger partial charge in [0.2, 0.25) is 0 Å². The molecule has 0 saturated carbocycles. The van der Waals surface area contributed by atoms with Crippen LogP contribution in [0, 0.1) is 0 Å². The molecule has 1 aromatic carbocycles. The van der Waals surface area contributed by atoms with Gasteiger partial charge in [-0.2, -0.15) is 0 Å². The van der Waals surface area contributed by atoms with Gasteiger partial charge >= 0.3 is 221 Å². The first kappa shape index (κ1) is 38.9. The molecule has 48 heavy (non-hydrogen) atoms. The topological polar surface area (TPSA) is 20.2 Å². The van der Waals surface area contributed by atoms with Crippen LogP contribution in [-0.4, -0.2) is 27.7 Å². The first-order chi connectivity index (χ1) is 22.9. The molecule has 1 N–H and O–H groups in total. The third kappa shape index (κ3) is 9.77. The molecule has 4 aromatic heterocycles. The summed E-state index contributed by atoms with van der Waals surface area (Å²) in [5, 5.41) is 11.9. The standard InChI is InChI=1S/C40H52Br2OS3SeSi/c1-7-8-9-10-11-12-13-14-15-16-17-27-18-20-28(21-19-27)32-24-31(42)39(46-32)38(43)35-26-34-33(45-35)22-29(44-34)23-36-30(41)25-37(47-36)48(5,6)40(2,3)4/h18-22,24-26,38,43H,7-17,23H2,1-6H3. The van der Waals surface area contributed by atoms with Gasteiger partial charge in [0, 0.05) is 0 Å². The van der Waals surface area contributed by atoms with E-state index in [1.807, 2.05) is 11.3 Å². The minimum Gasteiger partial charge on any atom is -0.0584 e. The summed E-state index contributed by atoms with van der Waals surface area (Å²) in [6.07, 6.45) is 15.3. The third-order valence-corrected chi connectivity index (χ3v) is 26.8. The van der Waals surface area contributed by atoms with E-state index in [1.165, 1.54) is 99.0 Å². The van der Waals surface area contributed by atoms with Crippen LogP contribution in [0.15, 0.2) is 57.5 Å². The minimum atomic E-state index is -1.49. The van der Waals surface area contributed by atoms with E-state index in [9.17, 15) is 5.11 Å². The Morgan fingerprint density at radius 3 is 2.02 bits per heavy atom. The average molecular weight is 912 g/mol. The monoisotopic (exact) mass is 910 g/mol. The number of hydrogen-bond acceptors (Lipinski definition) is 4. The summed E-state index contributed by atoms with van der Waals surface area (Å²) in [5.74, 6) is 0. The molecule has 0 aliphatic carbocycles. The number of unbranched alkanes of at least 4 members (excludes halogenated alkanes) is 9. The molecule has 0 fully saturated rings. The van der Waals surface area contributed by atoms with E-state index in [0.29, 0.717) is 19.5 Å². The number of aliphatic hydroxyl groups excluding tert-OH is 1. The predicted molar refractivity (Wildman–Crippen MR) is 227 cm³/mol. The Labute approximate surface area is 325 Å². The fourth-order valence-electron chi connectivity index (χ4n) is 5.98. The molecule has 0 radical (unpaired) electrons. The predicted octanol–water partition coefficient (Wildman–Crippen LogP) is 14.1. The number of benzene rings is 1. The Morgan fingerprint density at radius 2 is 1.40 bits per heavy atom. The first-order valence-electron chi connectivity index (χ1n) is 17.7. The van der Waals surface area contributed by atoms with Crippen LogP contribution in [0.4, 0.5) is 0 Å². The molecule has 0 amide bonds. The number of aryl methyl sites for hydroxylation is 1. The molecule has 260 valence electrons. The van der Waals surface area contributed by atoms with E-state index < -0.39 is 14.2 Å². The quantitative estimate of drug-likeness (QED) is 0.0728. The maximum Gasteiger partial charge on any atom is -0.0533 e. The largest absolute Gasteiger partial charge is 0.0584 e. The van der Waals surface area contributed by atoms with Gasteiger partial charge in [0.25, 0.3) is 0 Å². The van der Waals surface area contributed by atoms with Crippen molar-refractivity contribution < 1.29 is 5.11 Å². The molecule has 1 nitrogen and oxygen atoms in total. The zero-order chi connectivity index (χ0) is 34.5. The van der Waals surface area contributed by atoms with E-state index in [-0.39, 0.29) is 0 Å². The van der Waals surface area contributed by atoms with Gasteiger partial charge in [-0.3, -0.25) is 0 Å². The Morgan fingerprint density at radius 1 is 0.771 bits per heavy atom. The Kier molecular flexibility index (Phi) is 14.2. The fraction of sp³-hybridized carbons (Fsp3) is 0.500. The minimum absolute atomic E-state index is 0.362. The molecule has 1 unspecified atom stereocenters. The molecule has 1 atom stereocenters. The number of halogens is 2. The second-order valence-corrected chi connectivity index (χ2v) is 28.4. The van der Waals surface area contributed by atoms with Gasteiger partial charge in [0.05, 0.1) is 0 Å². The van der Waals surface area contributed by atoms with Crippen LogP contribution in [0.2, 0.25) is 18.1 Å². The van der Waals surface area contributed by atoms with Crippen molar-refractivity contribution in [2.45, 2.75) is 129 Å². The van der Waals surface area contributed by atoms with Gasteiger partial charge in [0.1, 0.15) is 0 Å². The molecule has 0 aliphatic heterocycles. The van der Waals surface area contributed by atoms with Gasteiger partial charge in [-0.1, -0.05) is 89.0 Å². The summed E-state index contributed by atoms with van der Waals surface area (Å²) in [5.41, 5.74) is 2.65. The fourth-order valence-corrected chi connectivity index (χ4v) is 19.4. The molecule has 0 spiro atoms. The van der Waals surface area contributed by atoms with E-state index >= 15 is 0 Å². The van der Waals surface area contributed by atoms with Crippen molar-refractivity contribution in [3.8, 4) is 10.4 Å². The zero-order valence-corrected chi connectivity index (χ0v) is 37.9. The molecular formula is C40H52Br2OS3SeSi. The summed E-state index contributed by atoms with van der Waals surface area (Å²) in [6.45, 7) is 14.6. The van der Waals surface area contributed by atoms with Crippen LogP contribution in [0.3, 0.4) is 0 Å². The van der Waals surface area contributed by atoms with Crippen molar-refractivity contribution in [2.75, 3.05) is 0 Å². The van der Waals surface area contributed by atoms with E-state index in [1.54, 1.807) is 31.2 Å². The van der Waals surface area contributed by atoms with Crippen molar-refractivity contribution in [1.82, 2.24) is 0 Å². The molecule has 4 heterocycles. The Balaban J connectivity index is 1.15. The summed E-state index contributed by atoms with van der Waals surface area (Å²) in [6, 6.07) is 18.3. The molecule has 0 saturated heterocycles. The maximum atomic E-state index is 11.5. The summed E-state index contributed by atoms with van der Waals surface area (Å²) < 4.78 is 8.17. The van der Waals surface area contributed by atoms with Crippen LogP contribution in [0.5, 0.6) is 0 Å². The number of fused-ring (bicyclic) bond motifs is 1. The van der Waals surface area contributed by atoms with Gasteiger partial charge in [0.15, 0.2) is 0 Å². The van der Waals surface area contributed by atoms with Crippen molar-refractivity contribution in [3.63, 3.8) is 0 Å². The van der Waals surface area contributed by atoms with E-state index in [0.717, 1.165) is 27.1 Å². The average Bonchev–Trinajstić information content (AvgIpc) is 3.81. The molecule has 8 heteroatoms. The van der Waals surface area contributed by atoms with Crippen LogP contribution in [0.25, 0.3) is 19.8 Å². The van der Waals surface area contributed by atoms with Crippen molar-refractivity contribution in [2.24, 2.45) is 0 Å². The zero-order valence-electron chi connectivity index (χ0n) is 29.5. The van der Waals surface area contributed by atoms with Crippen molar-refractivity contribution in [1.29, 1.82) is 0 Å². The third-order valence-electron chi connectivity index (χ3n) is 10.1. The van der Waals surface area contributed by atoms with Gasteiger partial charge in [-0.05, 0) is 18.4 Å². The van der Waals surface area contributed by atoms with Gasteiger partial charge < -0.3 is 0 Å². The molecule has 0 aliphatic rings. The summed E-state index contributed by atoms with van der Waals surface area (Å²) >= 11 is 13.5. The van der Waals surface area contributed by atoms with Crippen molar-refractivity contribution >= 4 is 102 Å². The normalized spacial score (nSPS) is 13.2. The van der Waals surface area contributed by atoms with Crippen molar-refractivity contribution in [3.05, 3.63) is 82.1 Å². The van der Waals surface area contributed by atoms with E-state index in [2.05, 4.69) is 121 Å². The molecular weight excluding hydrogens is 859 g/mol. The van der Waals surface area contributed by atoms with Crippen LogP contribution in [-0.2, 0) is 12.8 Å². The number of thiophene rings is 3. The SMILES string of the molecule is CCCCCCCCCCCCc1ccc(-c2cc(Br)c(C(O)c3cc4sc(Cc5[se]c([Si](C)(C)C(C)(C)C)cc5Br)cc4s3)s2)cc1. The molecule has 5 rings (SSSR count). The van der Waals surface area contributed by atoms with Crippen LogP contribution >= 0.6 is 65.9 Å². The van der Waals surface area contributed by atoms with Gasteiger partial charge in [-0.25, -0.2) is 0 Å². The molecule has 0 bridgehead atoms. The smallest absolute Gasteiger partial charge is 0.0533 e.